The Morgan fingerprint density at radius 1 is 0.478 bits per heavy atom. The summed E-state index contributed by atoms with van der Waals surface area (Å²) in [6, 6.07) is 34.7. The molecule has 0 saturated heterocycles. The molecular formula is C52H47ClF6O8S2. The van der Waals surface area contributed by atoms with Crippen LogP contribution in [-0.2, 0) is 30.9 Å². The van der Waals surface area contributed by atoms with E-state index in [9.17, 15) is 58.5 Å². The second kappa shape index (κ2) is 21.0. The van der Waals surface area contributed by atoms with E-state index in [0.29, 0.717) is 36.1 Å². The van der Waals surface area contributed by atoms with E-state index >= 15 is 0 Å². The second-order valence-electron chi connectivity index (χ2n) is 16.8. The van der Waals surface area contributed by atoms with Gasteiger partial charge in [-0.3, -0.25) is 0 Å². The number of aliphatic hydroxyl groups is 4. The fraction of sp³-hybridized carbons (Fsp3) is 0.231. The van der Waals surface area contributed by atoms with Crippen LogP contribution in [0.5, 0.6) is 0 Å². The van der Waals surface area contributed by atoms with Gasteiger partial charge in [0.15, 0.2) is 11.2 Å². The van der Waals surface area contributed by atoms with E-state index in [4.69, 9.17) is 23.1 Å². The molecule has 0 heterocycles. The van der Waals surface area contributed by atoms with E-state index in [2.05, 4.69) is 17.8 Å². The summed E-state index contributed by atoms with van der Waals surface area (Å²) in [4.78, 5) is 0.0581. The number of hydrogen-bond acceptors (Lipinski definition) is 8. The molecule has 0 bridgehead atoms. The quantitative estimate of drug-likeness (QED) is 0.0870. The molecule has 364 valence electrons. The molecule has 6 aromatic carbocycles. The predicted octanol–water partition coefficient (Wildman–Crippen LogP) is 11.1. The van der Waals surface area contributed by atoms with Crippen molar-refractivity contribution in [3.63, 3.8) is 0 Å². The van der Waals surface area contributed by atoms with Crippen LogP contribution in [0.3, 0.4) is 0 Å². The lowest BCUT2D eigenvalue weighted by Crippen LogP contribution is -2.39. The summed E-state index contributed by atoms with van der Waals surface area (Å²) in [5.74, 6) is 7.50. The minimum atomic E-state index is -4.85. The van der Waals surface area contributed by atoms with Crippen molar-refractivity contribution >= 4 is 31.3 Å². The van der Waals surface area contributed by atoms with E-state index in [1.165, 1.54) is 123 Å². The number of rotatable bonds is 8. The lowest BCUT2D eigenvalue weighted by molar-refractivity contribution is -0.259. The van der Waals surface area contributed by atoms with Crippen LogP contribution in [0.15, 0.2) is 165 Å². The number of alkyl halides is 6. The van der Waals surface area contributed by atoms with Crippen molar-refractivity contribution in [2.75, 3.05) is 0 Å². The van der Waals surface area contributed by atoms with E-state index in [0.717, 1.165) is 0 Å². The van der Waals surface area contributed by atoms with Crippen molar-refractivity contribution in [1.29, 1.82) is 0 Å². The summed E-state index contributed by atoms with van der Waals surface area (Å²) in [6.07, 6.45) is -4.85. The van der Waals surface area contributed by atoms with E-state index in [-0.39, 0.29) is 41.3 Å². The van der Waals surface area contributed by atoms with Gasteiger partial charge < -0.3 is 20.4 Å². The van der Waals surface area contributed by atoms with Crippen LogP contribution in [0.25, 0.3) is 22.3 Å². The van der Waals surface area contributed by atoms with Crippen LogP contribution in [0.4, 0.5) is 26.3 Å². The maximum Gasteiger partial charge on any atom is 0.421 e. The zero-order valence-corrected chi connectivity index (χ0v) is 40.2. The average molecular weight is 1010 g/mol. The fourth-order valence-electron chi connectivity index (χ4n) is 5.92. The highest BCUT2D eigenvalue weighted by molar-refractivity contribution is 7.92. The Bertz CT molecular complexity index is 3070. The summed E-state index contributed by atoms with van der Waals surface area (Å²) in [6.45, 7) is 7.40. The van der Waals surface area contributed by atoms with E-state index in [1.54, 1.807) is 50.2 Å². The summed E-state index contributed by atoms with van der Waals surface area (Å²) in [7, 11) is -7.72. The summed E-state index contributed by atoms with van der Waals surface area (Å²) in [5, 5.41) is 38.2. The highest BCUT2D eigenvalue weighted by Crippen LogP contribution is 2.41. The standard InChI is InChI=1S/C26H23F3O4S.C21H16ClF3O3S.C5H8O/c1-24(2,30)16-15-20-17-19(11-14-23(20)34(32,33)22-7-5-4-6-8-22)18-9-12-21(13-10-18)25(3,31)26(27,28)29;1-20(26,21(23,24)25)16-10-7-14(8-11-16)15-9-12-19(18(22)13-15)29(27,28)17-5-3-2-4-6-17;1-4-5(2,3)6/h4-14,17,30-31H,1-3H3;2-13,26H,1H3;1,6H,2-3H3. The summed E-state index contributed by atoms with van der Waals surface area (Å²) >= 11 is 6.21. The lowest BCUT2D eigenvalue weighted by atomic mass is 9.93. The number of halogens is 7. The van der Waals surface area contributed by atoms with Crippen LogP contribution >= 0.6 is 11.6 Å². The molecular weight excluding hydrogens is 966 g/mol. The molecule has 0 fully saturated rings. The summed E-state index contributed by atoms with van der Waals surface area (Å²) < 4.78 is 130. The summed E-state index contributed by atoms with van der Waals surface area (Å²) in [5.41, 5.74) is -6.74. The number of benzene rings is 6. The number of sulfone groups is 2. The van der Waals surface area contributed by atoms with Gasteiger partial charge >= 0.3 is 12.4 Å². The Morgan fingerprint density at radius 2 is 0.812 bits per heavy atom. The molecule has 0 aliphatic heterocycles. The van der Waals surface area contributed by atoms with Crippen molar-refractivity contribution in [2.24, 2.45) is 0 Å². The molecule has 0 amide bonds. The first-order valence-electron chi connectivity index (χ1n) is 20.4. The predicted molar refractivity (Wildman–Crippen MR) is 252 cm³/mol. The topological polar surface area (TPSA) is 149 Å². The molecule has 17 heteroatoms. The van der Waals surface area contributed by atoms with Gasteiger partial charge in [-0.05, 0) is 123 Å². The zero-order chi connectivity index (χ0) is 52.0. The largest absolute Gasteiger partial charge is 0.421 e. The highest BCUT2D eigenvalue weighted by Gasteiger charge is 2.52. The first-order valence-corrected chi connectivity index (χ1v) is 23.8. The van der Waals surface area contributed by atoms with Crippen LogP contribution in [0.1, 0.15) is 58.2 Å². The second-order valence-corrected chi connectivity index (χ2v) is 21.0. The third kappa shape index (κ3) is 13.9. The number of hydrogen-bond donors (Lipinski definition) is 4. The Labute approximate surface area is 402 Å². The van der Waals surface area contributed by atoms with Gasteiger partial charge in [0.25, 0.3) is 0 Å². The van der Waals surface area contributed by atoms with Crippen molar-refractivity contribution in [3.8, 4) is 46.4 Å². The smallest absolute Gasteiger partial charge is 0.378 e. The zero-order valence-electron chi connectivity index (χ0n) is 37.8. The SMILES string of the molecule is C#CC(C)(C)O.CC(C)(O)C#Cc1cc(-c2ccc(C(C)(O)C(F)(F)F)cc2)ccc1S(=O)(=O)c1ccccc1.CC(O)(c1ccc(-c2ccc(S(=O)(=O)c3ccccc3)c(Cl)c2)cc1)C(F)(F)F. The van der Waals surface area contributed by atoms with Gasteiger partial charge in [0, 0.05) is 5.56 Å². The van der Waals surface area contributed by atoms with Gasteiger partial charge in [-0.25, -0.2) is 16.8 Å². The van der Waals surface area contributed by atoms with Crippen LogP contribution in [0.2, 0.25) is 5.02 Å². The molecule has 69 heavy (non-hydrogen) atoms. The van der Waals surface area contributed by atoms with E-state index in [1.807, 2.05) is 0 Å². The Hall–Kier alpha value is -5.95. The molecule has 0 aliphatic carbocycles. The molecule has 4 N–H and O–H groups in total. The average Bonchev–Trinajstić information content (AvgIpc) is 3.28. The normalized spacial score (nSPS) is 13.9. The van der Waals surface area contributed by atoms with Crippen molar-refractivity contribution < 1.29 is 63.6 Å². The van der Waals surface area contributed by atoms with Crippen LogP contribution < -0.4 is 0 Å². The Kier molecular flexibility index (Phi) is 16.9. The third-order valence-electron chi connectivity index (χ3n) is 10.1. The minimum absolute atomic E-state index is 0.00211. The lowest BCUT2D eigenvalue weighted by Gasteiger charge is -2.26. The van der Waals surface area contributed by atoms with Gasteiger partial charge in [0.2, 0.25) is 19.7 Å². The molecule has 0 spiro atoms. The monoisotopic (exact) mass is 1010 g/mol. The van der Waals surface area contributed by atoms with Gasteiger partial charge in [0.1, 0.15) is 11.2 Å². The minimum Gasteiger partial charge on any atom is -0.378 e. The molecule has 0 aliphatic rings. The molecule has 0 saturated carbocycles. The molecule has 6 aromatic rings. The maximum atomic E-state index is 13.2. The Morgan fingerprint density at radius 3 is 1.14 bits per heavy atom. The third-order valence-corrected chi connectivity index (χ3v) is 14.2. The first kappa shape index (κ1) is 55.6. The highest BCUT2D eigenvalue weighted by atomic mass is 35.5. The van der Waals surface area contributed by atoms with Crippen molar-refractivity contribution in [2.45, 2.75) is 95.9 Å². The van der Waals surface area contributed by atoms with Gasteiger partial charge in [-0.15, -0.1) is 6.42 Å². The van der Waals surface area contributed by atoms with Crippen molar-refractivity contribution in [1.82, 2.24) is 0 Å². The molecule has 8 nitrogen and oxygen atoms in total. The number of terminal acetylenes is 1. The molecule has 2 unspecified atom stereocenters. The molecule has 0 aromatic heterocycles. The molecule has 0 radical (unpaired) electrons. The van der Waals surface area contributed by atoms with Gasteiger partial charge in [0.05, 0.1) is 24.6 Å². The maximum absolute atomic E-state index is 13.2. The molecule has 2 atom stereocenters. The van der Waals surface area contributed by atoms with Crippen LogP contribution in [0, 0.1) is 24.2 Å². The van der Waals surface area contributed by atoms with E-state index < -0.39 is 54.4 Å². The molecule has 6 rings (SSSR count). The van der Waals surface area contributed by atoms with Crippen molar-refractivity contribution in [3.05, 3.63) is 167 Å². The van der Waals surface area contributed by atoms with Gasteiger partial charge in [-0.2, -0.15) is 26.3 Å². The van der Waals surface area contributed by atoms with Crippen LogP contribution in [-0.4, -0.2) is 60.8 Å². The first-order chi connectivity index (χ1) is 31.6. The van der Waals surface area contributed by atoms with Gasteiger partial charge in [-0.1, -0.05) is 126 Å². The Balaban J connectivity index is 0.000000271. The fourth-order valence-corrected chi connectivity index (χ4v) is 9.15.